The molecule has 302 valence electrons. The molecule has 0 radical (unpaired) electrons. The molecule has 2 aromatic carbocycles. The van der Waals surface area contributed by atoms with Crippen molar-refractivity contribution in [2.24, 2.45) is 5.92 Å². The van der Waals surface area contributed by atoms with Gasteiger partial charge in [-0.05, 0) is 84.1 Å². The lowest BCUT2D eigenvalue weighted by molar-refractivity contribution is -0.147. The number of alkyl carbamates (subject to hydrolysis) is 1. The molecule has 1 aromatic heterocycles. The quantitative estimate of drug-likeness (QED) is 0.192. The number of aromatic nitrogens is 2. The molecule has 3 N–H and O–H groups in total. The summed E-state index contributed by atoms with van der Waals surface area (Å²) in [5.41, 5.74) is 1.86. The van der Waals surface area contributed by atoms with Crippen LogP contribution in [0.2, 0.25) is 0 Å². The van der Waals surface area contributed by atoms with Crippen molar-refractivity contribution in [3.63, 3.8) is 0 Å². The second-order valence-electron chi connectivity index (χ2n) is 16.2. The number of piperazine rings is 1. The Labute approximate surface area is 328 Å². The minimum atomic E-state index is -1.16. The Bertz CT molecular complexity index is 1850. The van der Waals surface area contributed by atoms with Crippen LogP contribution in [0.1, 0.15) is 65.9 Å². The number of carbonyl (C=O) groups is 4. The van der Waals surface area contributed by atoms with Crippen LogP contribution in [0.3, 0.4) is 0 Å². The molecule has 3 heterocycles. The van der Waals surface area contributed by atoms with Gasteiger partial charge in [-0.3, -0.25) is 14.7 Å². The molecule has 15 heteroatoms. The number of aromatic amines is 1. The second kappa shape index (κ2) is 17.1. The smallest absolute Gasteiger partial charge is 0.407 e. The number of benzene rings is 2. The molecule has 1 unspecified atom stereocenters. The Hall–Kier alpha value is -5.47. The zero-order valence-corrected chi connectivity index (χ0v) is 33.1. The molecular weight excluding hydrogens is 718 g/mol. The van der Waals surface area contributed by atoms with E-state index in [-0.39, 0.29) is 50.0 Å². The average molecular weight is 774 g/mol. The van der Waals surface area contributed by atoms with Gasteiger partial charge in [0, 0.05) is 80.9 Å². The number of piperidine rings is 1. The van der Waals surface area contributed by atoms with Crippen molar-refractivity contribution in [3.05, 3.63) is 60.4 Å². The first-order valence-electron chi connectivity index (χ1n) is 19.5. The highest BCUT2D eigenvalue weighted by Crippen LogP contribution is 2.36. The van der Waals surface area contributed by atoms with Crippen LogP contribution < -0.4 is 19.7 Å². The molecule has 15 nitrogen and oxygen atoms in total. The predicted octanol–water partition coefficient (Wildman–Crippen LogP) is 5.37. The van der Waals surface area contributed by atoms with Crippen LogP contribution in [0, 0.1) is 5.92 Å². The predicted molar refractivity (Wildman–Crippen MR) is 210 cm³/mol. The topological polar surface area (TPSA) is 170 Å². The van der Waals surface area contributed by atoms with Crippen molar-refractivity contribution in [1.29, 1.82) is 0 Å². The van der Waals surface area contributed by atoms with E-state index in [9.17, 15) is 24.3 Å². The van der Waals surface area contributed by atoms with Crippen LogP contribution >= 0.6 is 0 Å². The Morgan fingerprint density at radius 3 is 2.38 bits per heavy atom. The van der Waals surface area contributed by atoms with Crippen LogP contribution in [-0.4, -0.2) is 124 Å². The van der Waals surface area contributed by atoms with E-state index in [1.165, 1.54) is 4.90 Å². The summed E-state index contributed by atoms with van der Waals surface area (Å²) in [6.45, 7) is 12.3. The second-order valence-corrected chi connectivity index (χ2v) is 16.2. The van der Waals surface area contributed by atoms with Crippen LogP contribution in [0.15, 0.2) is 54.9 Å². The van der Waals surface area contributed by atoms with Crippen molar-refractivity contribution in [2.75, 3.05) is 57.3 Å². The highest BCUT2D eigenvalue weighted by atomic mass is 16.6. The zero-order chi connectivity index (χ0) is 40.0. The Balaban J connectivity index is 1.11. The number of rotatable bonds is 13. The minimum absolute atomic E-state index is 0.121. The third kappa shape index (κ3) is 10.4. The zero-order valence-electron chi connectivity index (χ0n) is 33.1. The van der Waals surface area contributed by atoms with Gasteiger partial charge in [0.2, 0.25) is 5.91 Å². The summed E-state index contributed by atoms with van der Waals surface area (Å²) in [5, 5.41) is 19.0. The number of nitrogens with one attached hydrogen (secondary N) is 2. The van der Waals surface area contributed by atoms with E-state index in [4.69, 9.17) is 14.2 Å². The molecular formula is C41H55N7O8. The molecule has 6 rings (SSSR count). The number of carbonyl (C=O) groups excluding carboxylic acids is 3. The third-order valence-electron chi connectivity index (χ3n) is 10.2. The van der Waals surface area contributed by atoms with Crippen molar-refractivity contribution in [3.8, 4) is 22.6 Å². The van der Waals surface area contributed by atoms with E-state index in [0.29, 0.717) is 37.7 Å². The van der Waals surface area contributed by atoms with Crippen molar-refractivity contribution in [2.45, 2.75) is 84.1 Å². The largest absolute Gasteiger partial charge is 0.491 e. The van der Waals surface area contributed by atoms with E-state index in [1.807, 2.05) is 74.3 Å². The maximum atomic E-state index is 14.4. The van der Waals surface area contributed by atoms with E-state index in [2.05, 4.69) is 20.4 Å². The van der Waals surface area contributed by atoms with Crippen LogP contribution in [0.5, 0.6) is 11.5 Å². The minimum Gasteiger partial charge on any atom is -0.491 e. The fraction of sp³-hybridized carbons (Fsp3) is 0.537. The van der Waals surface area contributed by atoms with Gasteiger partial charge in [-0.15, -0.1) is 0 Å². The number of H-pyrrole nitrogens is 1. The number of carboxylic acid groups (broad SMARTS) is 1. The SMILES string of the molecule is CC(C)(C)OC(=O)NCCOc1cc(-c2cn[nH]c2)ccc1CN(C(=O)C1CCCN(c2cccc(OC(C)(C)C(=O)N3CCN(C(=O)O)CC3)c2)C1)C1CC1. The molecule has 1 aliphatic carbocycles. The van der Waals surface area contributed by atoms with Gasteiger partial charge in [0.25, 0.3) is 5.91 Å². The van der Waals surface area contributed by atoms with Crippen molar-refractivity contribution >= 4 is 29.7 Å². The van der Waals surface area contributed by atoms with Gasteiger partial charge in [-0.25, -0.2) is 9.59 Å². The monoisotopic (exact) mass is 773 g/mol. The molecule has 3 aliphatic rings. The number of hydrogen-bond acceptors (Lipinski definition) is 9. The summed E-state index contributed by atoms with van der Waals surface area (Å²) in [5.74, 6) is 0.906. The van der Waals surface area contributed by atoms with Gasteiger partial charge in [0.1, 0.15) is 23.7 Å². The average Bonchev–Trinajstić information content (AvgIpc) is 3.86. The van der Waals surface area contributed by atoms with Crippen molar-refractivity contribution in [1.82, 2.24) is 30.2 Å². The van der Waals surface area contributed by atoms with Gasteiger partial charge in [0.05, 0.1) is 18.7 Å². The normalized spacial score (nSPS) is 17.6. The van der Waals surface area contributed by atoms with Crippen LogP contribution in [0.25, 0.3) is 11.1 Å². The summed E-state index contributed by atoms with van der Waals surface area (Å²) in [6, 6.07) is 13.8. The van der Waals surface area contributed by atoms with Gasteiger partial charge in [0.15, 0.2) is 5.60 Å². The highest BCUT2D eigenvalue weighted by Gasteiger charge is 2.39. The number of amides is 4. The van der Waals surface area contributed by atoms with Crippen LogP contribution in [-0.2, 0) is 20.9 Å². The fourth-order valence-corrected chi connectivity index (χ4v) is 7.20. The van der Waals surface area contributed by atoms with Crippen LogP contribution in [0.4, 0.5) is 15.3 Å². The van der Waals surface area contributed by atoms with E-state index >= 15 is 0 Å². The molecule has 0 bridgehead atoms. The maximum absolute atomic E-state index is 14.4. The summed E-state index contributed by atoms with van der Waals surface area (Å²) in [4.78, 5) is 58.6. The number of anilines is 1. The lowest BCUT2D eigenvalue weighted by atomic mass is 9.95. The first kappa shape index (κ1) is 40.2. The summed E-state index contributed by atoms with van der Waals surface area (Å²) >= 11 is 0. The molecule has 1 saturated carbocycles. The Kier molecular flexibility index (Phi) is 12.3. The summed E-state index contributed by atoms with van der Waals surface area (Å²) in [6.07, 6.45) is 5.60. The number of ether oxygens (including phenoxy) is 3. The van der Waals surface area contributed by atoms with Gasteiger partial charge in [-0.1, -0.05) is 18.2 Å². The summed E-state index contributed by atoms with van der Waals surface area (Å²) < 4.78 is 17.9. The molecule has 3 fully saturated rings. The molecule has 3 aromatic rings. The van der Waals surface area contributed by atoms with E-state index in [0.717, 1.165) is 54.6 Å². The first-order valence-corrected chi connectivity index (χ1v) is 19.5. The molecule has 2 aliphatic heterocycles. The molecule has 56 heavy (non-hydrogen) atoms. The van der Waals surface area contributed by atoms with E-state index in [1.54, 1.807) is 24.9 Å². The first-order chi connectivity index (χ1) is 26.7. The lowest BCUT2D eigenvalue weighted by Crippen LogP contribution is -2.56. The van der Waals surface area contributed by atoms with Gasteiger partial charge in [-0.2, -0.15) is 5.10 Å². The number of nitrogens with zero attached hydrogens (tertiary/aromatic N) is 5. The molecule has 2 saturated heterocycles. The Morgan fingerprint density at radius 2 is 1.70 bits per heavy atom. The number of hydrogen-bond donors (Lipinski definition) is 3. The van der Waals surface area contributed by atoms with Crippen molar-refractivity contribution < 1.29 is 38.5 Å². The van der Waals surface area contributed by atoms with E-state index < -0.39 is 23.4 Å². The molecule has 1 atom stereocenters. The standard InChI is InChI=1S/C41H55N7O8/c1-40(2,3)56-38(51)42-15-21-54-35-22-28(31-24-43-44-25-31)11-12-29(35)27-48(32-13-14-32)36(49)30-8-7-16-47(26-30)33-9-6-10-34(23-33)55-41(4,5)37(50)45-17-19-46(20-18-45)39(52)53/h6,9-12,22-25,30,32H,7-8,13-21,26-27H2,1-5H3,(H,42,51)(H,43,44)(H,52,53). The Morgan fingerprint density at radius 1 is 0.946 bits per heavy atom. The summed E-state index contributed by atoms with van der Waals surface area (Å²) in [7, 11) is 0. The van der Waals surface area contributed by atoms with Gasteiger partial charge < -0.3 is 44.2 Å². The third-order valence-corrected chi connectivity index (χ3v) is 10.2. The molecule has 4 amide bonds. The molecule has 0 spiro atoms. The fourth-order valence-electron chi connectivity index (χ4n) is 7.20. The van der Waals surface area contributed by atoms with Gasteiger partial charge >= 0.3 is 12.2 Å². The maximum Gasteiger partial charge on any atom is 0.407 e. The highest BCUT2D eigenvalue weighted by molar-refractivity contribution is 5.85. The lowest BCUT2D eigenvalue weighted by Gasteiger charge is -2.38.